The fourth-order valence-corrected chi connectivity index (χ4v) is 2.95. The standard InChI is InChI=1S/C22H26O4/c1-15-9-11-17(21(25)13-15)19(23)7-5-3-4-6-8-20(24)18-12-10-16(2)14-22(18)26/h9-14,25-26H,3-8H2,1-2H3. The van der Waals surface area contributed by atoms with E-state index in [0.717, 1.165) is 36.8 Å². The molecule has 0 heterocycles. The Bertz CT molecular complexity index is 725. The summed E-state index contributed by atoms with van der Waals surface area (Å²) in [6.45, 7) is 3.73. The van der Waals surface area contributed by atoms with Crippen LogP contribution in [0, 0.1) is 13.8 Å². The lowest BCUT2D eigenvalue weighted by Crippen LogP contribution is -2.01. The van der Waals surface area contributed by atoms with Gasteiger partial charge in [0.05, 0.1) is 11.1 Å². The summed E-state index contributed by atoms with van der Waals surface area (Å²) in [5.74, 6) is -0.0247. The Labute approximate surface area is 154 Å². The molecule has 0 bridgehead atoms. The van der Waals surface area contributed by atoms with Crippen molar-refractivity contribution in [2.75, 3.05) is 0 Å². The van der Waals surface area contributed by atoms with Crippen molar-refractivity contribution in [2.45, 2.75) is 52.4 Å². The lowest BCUT2D eigenvalue weighted by molar-refractivity contribution is 0.0963. The van der Waals surface area contributed by atoms with Gasteiger partial charge >= 0.3 is 0 Å². The van der Waals surface area contributed by atoms with Gasteiger partial charge in [0, 0.05) is 12.8 Å². The lowest BCUT2D eigenvalue weighted by Gasteiger charge is -2.06. The van der Waals surface area contributed by atoms with E-state index in [2.05, 4.69) is 0 Å². The van der Waals surface area contributed by atoms with Crippen LogP contribution in [0.3, 0.4) is 0 Å². The fraction of sp³-hybridized carbons (Fsp3) is 0.364. The van der Waals surface area contributed by atoms with Gasteiger partial charge in [0.1, 0.15) is 11.5 Å². The second-order valence-corrected chi connectivity index (χ2v) is 6.80. The highest BCUT2D eigenvalue weighted by Crippen LogP contribution is 2.22. The molecule has 138 valence electrons. The summed E-state index contributed by atoms with van der Waals surface area (Å²) in [5, 5.41) is 19.7. The van der Waals surface area contributed by atoms with Gasteiger partial charge in [-0.05, 0) is 62.1 Å². The topological polar surface area (TPSA) is 74.6 Å². The maximum Gasteiger partial charge on any atom is 0.166 e. The van der Waals surface area contributed by atoms with Crippen molar-refractivity contribution >= 4 is 11.6 Å². The highest BCUT2D eigenvalue weighted by Gasteiger charge is 2.12. The number of phenols is 2. The third-order valence-corrected chi connectivity index (χ3v) is 4.46. The van der Waals surface area contributed by atoms with E-state index in [1.165, 1.54) is 0 Å². The van der Waals surface area contributed by atoms with Gasteiger partial charge in [-0.25, -0.2) is 0 Å². The molecule has 0 radical (unpaired) electrons. The number of aromatic hydroxyl groups is 2. The molecule has 0 aliphatic heterocycles. The maximum absolute atomic E-state index is 12.1. The number of carbonyl (C=O) groups excluding carboxylic acids is 2. The molecule has 26 heavy (non-hydrogen) atoms. The molecule has 2 aromatic rings. The molecule has 2 rings (SSSR count). The minimum absolute atomic E-state index is 0.0403. The number of carbonyl (C=O) groups is 2. The van der Waals surface area contributed by atoms with Crippen molar-refractivity contribution < 1.29 is 19.8 Å². The minimum Gasteiger partial charge on any atom is -0.507 e. The van der Waals surface area contributed by atoms with Crippen LogP contribution >= 0.6 is 0 Å². The quantitative estimate of drug-likeness (QED) is 0.484. The molecule has 0 saturated heterocycles. The van der Waals surface area contributed by atoms with E-state index >= 15 is 0 Å². The summed E-state index contributed by atoms with van der Waals surface area (Å²) in [6, 6.07) is 10.2. The number of hydrogen-bond acceptors (Lipinski definition) is 4. The number of ketones is 2. The van der Waals surface area contributed by atoms with Crippen molar-refractivity contribution in [3.8, 4) is 11.5 Å². The molecule has 0 saturated carbocycles. The van der Waals surface area contributed by atoms with E-state index < -0.39 is 0 Å². The molecule has 0 aliphatic rings. The van der Waals surface area contributed by atoms with E-state index in [9.17, 15) is 19.8 Å². The number of hydrogen-bond donors (Lipinski definition) is 2. The Balaban J connectivity index is 1.69. The predicted octanol–water partition coefficient (Wildman–Crippen LogP) is 5.12. The molecule has 0 unspecified atom stereocenters. The van der Waals surface area contributed by atoms with Crippen LogP contribution in [-0.2, 0) is 0 Å². The summed E-state index contributed by atoms with van der Waals surface area (Å²) in [6.07, 6.45) is 3.95. The Morgan fingerprint density at radius 2 is 1.08 bits per heavy atom. The summed E-state index contributed by atoms with van der Waals surface area (Å²) in [5.41, 5.74) is 2.59. The zero-order valence-electron chi connectivity index (χ0n) is 15.4. The summed E-state index contributed by atoms with van der Waals surface area (Å²) in [4.78, 5) is 24.3. The summed E-state index contributed by atoms with van der Waals surface area (Å²) >= 11 is 0. The first kappa shape index (κ1) is 19.7. The van der Waals surface area contributed by atoms with Gasteiger partial charge in [-0.15, -0.1) is 0 Å². The van der Waals surface area contributed by atoms with Crippen LogP contribution in [-0.4, -0.2) is 21.8 Å². The molecule has 0 fully saturated rings. The first-order valence-electron chi connectivity index (χ1n) is 9.04. The average molecular weight is 354 g/mol. The van der Waals surface area contributed by atoms with Gasteiger partial charge < -0.3 is 10.2 Å². The molecule has 2 N–H and O–H groups in total. The Morgan fingerprint density at radius 3 is 1.42 bits per heavy atom. The number of rotatable bonds is 9. The predicted molar refractivity (Wildman–Crippen MR) is 102 cm³/mol. The second-order valence-electron chi connectivity index (χ2n) is 6.80. The lowest BCUT2D eigenvalue weighted by atomic mass is 10.00. The third kappa shape index (κ3) is 5.45. The molecular formula is C22H26O4. The maximum atomic E-state index is 12.1. The minimum atomic E-state index is -0.0526. The average Bonchev–Trinajstić information content (AvgIpc) is 2.57. The van der Waals surface area contributed by atoms with E-state index in [0.29, 0.717) is 24.0 Å². The summed E-state index contributed by atoms with van der Waals surface area (Å²) < 4.78 is 0. The molecule has 4 heteroatoms. The van der Waals surface area contributed by atoms with Gasteiger partial charge in [-0.1, -0.05) is 25.0 Å². The largest absolute Gasteiger partial charge is 0.507 e. The van der Waals surface area contributed by atoms with E-state index in [4.69, 9.17) is 0 Å². The second kappa shape index (κ2) is 9.18. The Morgan fingerprint density at radius 1 is 0.692 bits per heavy atom. The number of aryl methyl sites for hydroxylation is 2. The zero-order chi connectivity index (χ0) is 19.1. The van der Waals surface area contributed by atoms with Crippen molar-refractivity contribution in [1.29, 1.82) is 0 Å². The first-order chi connectivity index (χ1) is 12.4. The fourth-order valence-electron chi connectivity index (χ4n) is 2.95. The third-order valence-electron chi connectivity index (χ3n) is 4.46. The zero-order valence-corrected chi connectivity index (χ0v) is 15.4. The Kier molecular flexibility index (Phi) is 6.96. The van der Waals surface area contributed by atoms with Gasteiger partial charge in [-0.2, -0.15) is 0 Å². The molecule has 0 aliphatic carbocycles. The molecule has 2 aromatic carbocycles. The SMILES string of the molecule is Cc1ccc(C(=O)CCCCCCC(=O)c2ccc(C)cc2O)c(O)c1. The van der Waals surface area contributed by atoms with E-state index in [1.54, 1.807) is 24.3 Å². The van der Waals surface area contributed by atoms with Crippen LogP contribution in [0.5, 0.6) is 11.5 Å². The normalized spacial score (nSPS) is 10.7. The van der Waals surface area contributed by atoms with E-state index in [1.807, 2.05) is 26.0 Å². The van der Waals surface area contributed by atoms with Crippen molar-refractivity contribution in [1.82, 2.24) is 0 Å². The van der Waals surface area contributed by atoms with Gasteiger partial charge in [0.2, 0.25) is 0 Å². The Hall–Kier alpha value is -2.62. The van der Waals surface area contributed by atoms with Gasteiger partial charge in [0.15, 0.2) is 11.6 Å². The molecule has 0 amide bonds. The molecule has 0 atom stereocenters. The summed E-state index contributed by atoms with van der Waals surface area (Å²) in [7, 11) is 0. The number of Topliss-reactive ketones (excluding diaryl/α,β-unsaturated/α-hetero) is 2. The van der Waals surface area contributed by atoms with Gasteiger partial charge in [0.25, 0.3) is 0 Å². The van der Waals surface area contributed by atoms with Crippen molar-refractivity contribution in [3.63, 3.8) is 0 Å². The van der Waals surface area contributed by atoms with Crippen LogP contribution in [0.1, 0.15) is 70.4 Å². The smallest absolute Gasteiger partial charge is 0.166 e. The number of unbranched alkanes of at least 4 members (excludes halogenated alkanes) is 3. The monoisotopic (exact) mass is 354 g/mol. The molecule has 0 aromatic heterocycles. The number of benzene rings is 2. The molecule has 4 nitrogen and oxygen atoms in total. The highest BCUT2D eigenvalue weighted by atomic mass is 16.3. The van der Waals surface area contributed by atoms with Crippen LogP contribution in [0.15, 0.2) is 36.4 Å². The van der Waals surface area contributed by atoms with Crippen LogP contribution in [0.4, 0.5) is 0 Å². The van der Waals surface area contributed by atoms with Crippen LogP contribution in [0.25, 0.3) is 0 Å². The van der Waals surface area contributed by atoms with Crippen LogP contribution in [0.2, 0.25) is 0 Å². The highest BCUT2D eigenvalue weighted by molar-refractivity contribution is 5.99. The van der Waals surface area contributed by atoms with Crippen LogP contribution < -0.4 is 0 Å². The molecular weight excluding hydrogens is 328 g/mol. The first-order valence-corrected chi connectivity index (χ1v) is 9.04. The van der Waals surface area contributed by atoms with Crippen molar-refractivity contribution in [3.05, 3.63) is 58.7 Å². The van der Waals surface area contributed by atoms with Gasteiger partial charge in [-0.3, -0.25) is 9.59 Å². The number of phenolic OH excluding ortho intramolecular Hbond substituents is 2. The van der Waals surface area contributed by atoms with E-state index in [-0.39, 0.29) is 23.1 Å². The molecule has 0 spiro atoms. The van der Waals surface area contributed by atoms with Crippen molar-refractivity contribution in [2.24, 2.45) is 0 Å².